The molecule has 0 atom stereocenters. The SMILES string of the molecule is CCOC(=O)C(=O)c1c(Br)cccc1SC. The molecule has 3 nitrogen and oxygen atoms in total. The number of Topliss-reactive ketones (excluding diaryl/α,β-unsaturated/α-hetero) is 1. The van der Waals surface area contributed by atoms with Gasteiger partial charge in [0, 0.05) is 9.37 Å². The largest absolute Gasteiger partial charge is 0.460 e. The van der Waals surface area contributed by atoms with Crippen molar-refractivity contribution in [2.75, 3.05) is 12.9 Å². The van der Waals surface area contributed by atoms with Gasteiger partial charge in [-0.3, -0.25) is 4.79 Å². The second kappa shape index (κ2) is 6.06. The van der Waals surface area contributed by atoms with Crippen molar-refractivity contribution in [2.24, 2.45) is 0 Å². The number of benzene rings is 1. The topological polar surface area (TPSA) is 43.4 Å². The summed E-state index contributed by atoms with van der Waals surface area (Å²) in [5, 5.41) is 0. The molecule has 0 spiro atoms. The Labute approximate surface area is 107 Å². The van der Waals surface area contributed by atoms with Gasteiger partial charge in [0.25, 0.3) is 5.78 Å². The molecule has 0 saturated carbocycles. The molecule has 1 aromatic carbocycles. The second-order valence-corrected chi connectivity index (χ2v) is 4.57. The average molecular weight is 303 g/mol. The average Bonchev–Trinajstić information content (AvgIpc) is 2.28. The van der Waals surface area contributed by atoms with Gasteiger partial charge >= 0.3 is 5.97 Å². The smallest absolute Gasteiger partial charge is 0.379 e. The van der Waals surface area contributed by atoms with Crippen LogP contribution in [-0.2, 0) is 9.53 Å². The minimum atomic E-state index is -0.815. The summed E-state index contributed by atoms with van der Waals surface area (Å²) in [6, 6.07) is 5.34. The number of thioether (sulfide) groups is 1. The molecule has 16 heavy (non-hydrogen) atoms. The summed E-state index contributed by atoms with van der Waals surface area (Å²) in [6.07, 6.45) is 1.85. The molecule has 5 heteroatoms. The van der Waals surface area contributed by atoms with Crippen molar-refractivity contribution in [1.82, 2.24) is 0 Å². The number of halogens is 1. The van der Waals surface area contributed by atoms with E-state index in [9.17, 15) is 9.59 Å². The molecule has 0 fully saturated rings. The number of hydrogen-bond acceptors (Lipinski definition) is 4. The second-order valence-electron chi connectivity index (χ2n) is 2.87. The lowest BCUT2D eigenvalue weighted by atomic mass is 10.1. The van der Waals surface area contributed by atoms with Crippen molar-refractivity contribution < 1.29 is 14.3 Å². The zero-order valence-corrected chi connectivity index (χ0v) is 11.4. The fourth-order valence-electron chi connectivity index (χ4n) is 1.19. The maximum absolute atomic E-state index is 11.8. The summed E-state index contributed by atoms with van der Waals surface area (Å²) in [5.41, 5.74) is 0.369. The van der Waals surface area contributed by atoms with E-state index in [2.05, 4.69) is 15.9 Å². The van der Waals surface area contributed by atoms with Crippen molar-refractivity contribution in [3.8, 4) is 0 Å². The van der Waals surface area contributed by atoms with Crippen LogP contribution in [0.1, 0.15) is 17.3 Å². The monoisotopic (exact) mass is 302 g/mol. The third-order valence-corrected chi connectivity index (χ3v) is 3.32. The van der Waals surface area contributed by atoms with Crippen LogP contribution in [0.15, 0.2) is 27.6 Å². The van der Waals surface area contributed by atoms with Gasteiger partial charge < -0.3 is 4.74 Å². The Bertz CT molecular complexity index is 418. The zero-order chi connectivity index (χ0) is 12.1. The normalized spacial score (nSPS) is 9.94. The van der Waals surface area contributed by atoms with Crippen LogP contribution in [0.2, 0.25) is 0 Å². The van der Waals surface area contributed by atoms with E-state index in [4.69, 9.17) is 4.74 Å². The molecular formula is C11H11BrO3S. The van der Waals surface area contributed by atoms with Gasteiger partial charge in [0.2, 0.25) is 0 Å². The zero-order valence-electron chi connectivity index (χ0n) is 8.95. The molecule has 1 aromatic rings. The van der Waals surface area contributed by atoms with E-state index in [1.165, 1.54) is 11.8 Å². The fraction of sp³-hybridized carbons (Fsp3) is 0.273. The van der Waals surface area contributed by atoms with E-state index in [1.807, 2.05) is 12.3 Å². The lowest BCUT2D eigenvalue weighted by molar-refractivity contribution is -0.137. The minimum absolute atomic E-state index is 0.198. The summed E-state index contributed by atoms with van der Waals surface area (Å²) >= 11 is 4.68. The van der Waals surface area contributed by atoms with E-state index in [0.29, 0.717) is 10.0 Å². The first-order valence-corrected chi connectivity index (χ1v) is 6.67. The molecule has 0 saturated heterocycles. The van der Waals surface area contributed by atoms with Crippen LogP contribution >= 0.6 is 27.7 Å². The molecule has 0 heterocycles. The van der Waals surface area contributed by atoms with Crippen LogP contribution in [0.5, 0.6) is 0 Å². The van der Waals surface area contributed by atoms with Gasteiger partial charge in [0.15, 0.2) is 0 Å². The highest BCUT2D eigenvalue weighted by Gasteiger charge is 2.22. The van der Waals surface area contributed by atoms with Crippen molar-refractivity contribution in [3.63, 3.8) is 0 Å². The Morgan fingerprint density at radius 3 is 2.69 bits per heavy atom. The predicted molar refractivity (Wildman–Crippen MR) is 66.9 cm³/mol. The van der Waals surface area contributed by atoms with Crippen LogP contribution in [0.4, 0.5) is 0 Å². The first kappa shape index (κ1) is 13.3. The molecule has 86 valence electrons. The number of carbonyl (C=O) groups is 2. The summed E-state index contributed by atoms with van der Waals surface area (Å²) in [5.74, 6) is -1.43. The van der Waals surface area contributed by atoms with E-state index in [0.717, 1.165) is 4.90 Å². The van der Waals surface area contributed by atoms with Crippen LogP contribution < -0.4 is 0 Å². The molecule has 0 aromatic heterocycles. The van der Waals surface area contributed by atoms with E-state index in [-0.39, 0.29) is 6.61 Å². The minimum Gasteiger partial charge on any atom is -0.460 e. The van der Waals surface area contributed by atoms with Crippen molar-refractivity contribution >= 4 is 39.4 Å². The highest BCUT2D eigenvalue weighted by Crippen LogP contribution is 2.27. The quantitative estimate of drug-likeness (QED) is 0.371. The van der Waals surface area contributed by atoms with Crippen molar-refractivity contribution in [1.29, 1.82) is 0 Å². The number of carbonyl (C=O) groups excluding carboxylic acids is 2. The Kier molecular flexibility index (Phi) is 5.02. The maximum atomic E-state index is 11.8. The Morgan fingerprint density at radius 1 is 1.44 bits per heavy atom. The summed E-state index contributed by atoms with van der Waals surface area (Å²) < 4.78 is 5.30. The lowest BCUT2D eigenvalue weighted by Crippen LogP contribution is -2.18. The molecule has 0 aliphatic rings. The van der Waals surface area contributed by atoms with Gasteiger partial charge in [-0.05, 0) is 41.2 Å². The summed E-state index contributed by atoms with van der Waals surface area (Å²) in [6.45, 7) is 1.87. The first-order valence-electron chi connectivity index (χ1n) is 4.65. The molecular weight excluding hydrogens is 292 g/mol. The van der Waals surface area contributed by atoms with Crippen LogP contribution in [0, 0.1) is 0 Å². The standard InChI is InChI=1S/C11H11BrO3S/c1-3-15-11(14)10(13)9-7(12)5-4-6-8(9)16-2/h4-6H,3H2,1-2H3. The van der Waals surface area contributed by atoms with Gasteiger partial charge in [-0.15, -0.1) is 11.8 Å². The highest BCUT2D eigenvalue weighted by molar-refractivity contribution is 9.10. The predicted octanol–water partition coefficient (Wildman–Crippen LogP) is 2.92. The van der Waals surface area contributed by atoms with Gasteiger partial charge in [-0.1, -0.05) is 6.07 Å². The van der Waals surface area contributed by atoms with Crippen molar-refractivity contribution in [3.05, 3.63) is 28.2 Å². The van der Waals surface area contributed by atoms with Crippen LogP contribution in [-0.4, -0.2) is 24.6 Å². The lowest BCUT2D eigenvalue weighted by Gasteiger charge is -2.07. The van der Waals surface area contributed by atoms with E-state index in [1.54, 1.807) is 19.1 Å². The molecule has 1 rings (SSSR count). The number of esters is 1. The Hall–Kier alpha value is -0.810. The molecule has 0 bridgehead atoms. The fourth-order valence-corrected chi connectivity index (χ4v) is 2.49. The van der Waals surface area contributed by atoms with Gasteiger partial charge in [0.1, 0.15) is 0 Å². The van der Waals surface area contributed by atoms with E-state index < -0.39 is 11.8 Å². The van der Waals surface area contributed by atoms with Crippen LogP contribution in [0.3, 0.4) is 0 Å². The van der Waals surface area contributed by atoms with Gasteiger partial charge in [-0.2, -0.15) is 0 Å². The molecule has 0 N–H and O–H groups in total. The first-order chi connectivity index (χ1) is 7.61. The van der Waals surface area contributed by atoms with Gasteiger partial charge in [0.05, 0.1) is 12.2 Å². The summed E-state index contributed by atoms with van der Waals surface area (Å²) in [4.78, 5) is 23.9. The number of rotatable bonds is 4. The number of ketones is 1. The molecule has 0 aliphatic carbocycles. The van der Waals surface area contributed by atoms with Crippen molar-refractivity contribution in [2.45, 2.75) is 11.8 Å². The highest BCUT2D eigenvalue weighted by atomic mass is 79.9. The molecule has 0 amide bonds. The van der Waals surface area contributed by atoms with Gasteiger partial charge in [-0.25, -0.2) is 4.79 Å². The summed E-state index contributed by atoms with van der Waals surface area (Å²) in [7, 11) is 0. The third-order valence-electron chi connectivity index (χ3n) is 1.88. The van der Waals surface area contributed by atoms with Crippen LogP contribution in [0.25, 0.3) is 0 Å². The third kappa shape index (κ3) is 2.86. The molecule has 0 unspecified atom stereocenters. The number of hydrogen-bond donors (Lipinski definition) is 0. The molecule has 0 radical (unpaired) electrons. The maximum Gasteiger partial charge on any atom is 0.379 e. The Morgan fingerprint density at radius 2 is 2.12 bits per heavy atom. The molecule has 0 aliphatic heterocycles. The number of ether oxygens (including phenoxy) is 1. The Balaban J connectivity index is 3.12. The van der Waals surface area contributed by atoms with E-state index >= 15 is 0 Å².